The van der Waals surface area contributed by atoms with Gasteiger partial charge in [0.1, 0.15) is 12.4 Å². The lowest BCUT2D eigenvalue weighted by Gasteiger charge is -2.24. The summed E-state index contributed by atoms with van der Waals surface area (Å²) in [6.45, 7) is 4.75. The van der Waals surface area contributed by atoms with E-state index in [4.69, 9.17) is 27.9 Å². The van der Waals surface area contributed by atoms with Crippen molar-refractivity contribution in [2.45, 2.75) is 20.4 Å². The van der Waals surface area contributed by atoms with Crippen molar-refractivity contribution in [2.75, 3.05) is 23.7 Å². The summed E-state index contributed by atoms with van der Waals surface area (Å²) in [4.78, 5) is 12.5. The molecule has 0 fully saturated rings. The van der Waals surface area contributed by atoms with Crippen molar-refractivity contribution in [2.24, 2.45) is 0 Å². The van der Waals surface area contributed by atoms with E-state index in [-0.39, 0.29) is 22.5 Å². The van der Waals surface area contributed by atoms with Gasteiger partial charge in [0, 0.05) is 5.56 Å². The van der Waals surface area contributed by atoms with Gasteiger partial charge in [-0.1, -0.05) is 47.5 Å². The number of amides is 1. The molecule has 0 aliphatic heterocycles. The van der Waals surface area contributed by atoms with Crippen molar-refractivity contribution >= 4 is 44.8 Å². The molecule has 0 atom stereocenters. The molecule has 0 aliphatic carbocycles. The molecule has 0 saturated heterocycles. The molecule has 6 nitrogen and oxygen atoms in total. The van der Waals surface area contributed by atoms with Crippen LogP contribution in [0.25, 0.3) is 0 Å². The first-order valence-corrected chi connectivity index (χ1v) is 13.1. The predicted octanol–water partition coefficient (Wildman–Crippen LogP) is 5.39. The Kier molecular flexibility index (Phi) is 8.47. The number of ether oxygens (including phenoxy) is 1. The average molecular weight is 521 g/mol. The molecule has 0 spiro atoms. The molecule has 0 aliphatic rings. The summed E-state index contributed by atoms with van der Waals surface area (Å²) < 4.78 is 31.7. The Labute approximate surface area is 210 Å². The zero-order valence-electron chi connectivity index (χ0n) is 19.1. The van der Waals surface area contributed by atoms with Gasteiger partial charge < -0.3 is 10.1 Å². The second-order valence-corrected chi connectivity index (χ2v) is 10.7. The maximum Gasteiger partial charge on any atom is 0.251 e. The topological polar surface area (TPSA) is 75.7 Å². The molecule has 3 aromatic carbocycles. The Hall–Kier alpha value is -2.74. The molecule has 1 amide bonds. The van der Waals surface area contributed by atoms with Gasteiger partial charge in [0.05, 0.1) is 35.1 Å². The Bertz CT molecular complexity index is 1260. The minimum atomic E-state index is -3.63. The number of anilines is 1. The third-order valence-electron chi connectivity index (χ3n) is 4.99. The SMILES string of the molecule is Cc1cc(C)cc(OCCNC(=O)c2ccc(CN(c3cccc(Cl)c3Cl)S(C)(=O)=O)cc2)c1. The fraction of sp³-hybridized carbons (Fsp3) is 0.240. The molecule has 3 rings (SSSR count). The van der Waals surface area contributed by atoms with Crippen molar-refractivity contribution in [3.63, 3.8) is 0 Å². The molecular weight excluding hydrogens is 495 g/mol. The van der Waals surface area contributed by atoms with Crippen LogP contribution in [0, 0.1) is 13.8 Å². The number of nitrogens with zero attached hydrogens (tertiary/aromatic N) is 1. The highest BCUT2D eigenvalue weighted by Crippen LogP contribution is 2.34. The van der Waals surface area contributed by atoms with E-state index >= 15 is 0 Å². The van der Waals surface area contributed by atoms with Crippen molar-refractivity contribution in [3.05, 3.63) is 93.0 Å². The van der Waals surface area contributed by atoms with E-state index in [0.29, 0.717) is 30.0 Å². The molecule has 3 aromatic rings. The molecular formula is C25H26Cl2N2O4S. The quantitative estimate of drug-likeness (QED) is 0.384. The number of rotatable bonds is 9. The van der Waals surface area contributed by atoms with Gasteiger partial charge in [-0.3, -0.25) is 9.10 Å². The van der Waals surface area contributed by atoms with Crippen LogP contribution in [-0.4, -0.2) is 33.7 Å². The number of hydrogen-bond acceptors (Lipinski definition) is 4. The minimum Gasteiger partial charge on any atom is -0.492 e. The highest BCUT2D eigenvalue weighted by molar-refractivity contribution is 7.92. The predicted molar refractivity (Wildman–Crippen MR) is 138 cm³/mol. The number of halogens is 2. The maximum absolute atomic E-state index is 12.5. The third-order valence-corrected chi connectivity index (χ3v) is 6.93. The Morgan fingerprint density at radius 2 is 1.65 bits per heavy atom. The molecule has 180 valence electrons. The first kappa shape index (κ1) is 25.9. The van der Waals surface area contributed by atoms with Crippen LogP contribution in [-0.2, 0) is 16.6 Å². The Morgan fingerprint density at radius 3 is 2.26 bits per heavy atom. The van der Waals surface area contributed by atoms with Crippen LogP contribution >= 0.6 is 23.2 Å². The second-order valence-electron chi connectivity index (χ2n) is 7.97. The molecule has 9 heteroatoms. The van der Waals surface area contributed by atoms with E-state index in [1.807, 2.05) is 26.0 Å². The summed E-state index contributed by atoms with van der Waals surface area (Å²) >= 11 is 12.3. The zero-order chi connectivity index (χ0) is 24.9. The maximum atomic E-state index is 12.5. The highest BCUT2D eigenvalue weighted by atomic mass is 35.5. The molecule has 0 saturated carbocycles. The number of hydrogen-bond donors (Lipinski definition) is 1. The average Bonchev–Trinajstić information content (AvgIpc) is 2.76. The number of sulfonamides is 1. The fourth-order valence-corrected chi connectivity index (χ4v) is 4.79. The number of aryl methyl sites for hydroxylation is 2. The van der Waals surface area contributed by atoms with E-state index in [9.17, 15) is 13.2 Å². The van der Waals surface area contributed by atoms with Gasteiger partial charge >= 0.3 is 0 Å². The van der Waals surface area contributed by atoms with E-state index < -0.39 is 10.0 Å². The van der Waals surface area contributed by atoms with Crippen molar-refractivity contribution in [1.82, 2.24) is 5.32 Å². The van der Waals surface area contributed by atoms with Crippen molar-refractivity contribution < 1.29 is 17.9 Å². The van der Waals surface area contributed by atoms with Crippen LogP contribution in [0.4, 0.5) is 5.69 Å². The molecule has 0 aromatic heterocycles. The summed E-state index contributed by atoms with van der Waals surface area (Å²) in [6.07, 6.45) is 1.10. The van der Waals surface area contributed by atoms with Crippen LogP contribution in [0.5, 0.6) is 5.75 Å². The largest absolute Gasteiger partial charge is 0.492 e. The molecule has 0 bridgehead atoms. The fourth-order valence-electron chi connectivity index (χ4n) is 3.45. The standard InChI is InChI=1S/C25H26Cl2N2O4S/c1-17-13-18(2)15-21(14-17)33-12-11-28-25(30)20-9-7-19(8-10-20)16-29(34(3,31)32)23-6-4-5-22(26)24(23)27/h4-10,13-15H,11-12,16H2,1-3H3,(H,28,30). The van der Waals surface area contributed by atoms with Crippen LogP contribution in [0.15, 0.2) is 60.7 Å². The van der Waals surface area contributed by atoms with Crippen LogP contribution in [0.1, 0.15) is 27.0 Å². The molecule has 0 radical (unpaired) electrons. The van der Waals surface area contributed by atoms with Crippen LogP contribution in [0.2, 0.25) is 10.0 Å². The smallest absolute Gasteiger partial charge is 0.251 e. The first-order valence-electron chi connectivity index (χ1n) is 10.5. The zero-order valence-corrected chi connectivity index (χ0v) is 21.5. The molecule has 0 heterocycles. The van der Waals surface area contributed by atoms with Crippen LogP contribution < -0.4 is 14.4 Å². The Balaban J connectivity index is 1.61. The lowest BCUT2D eigenvalue weighted by atomic mass is 10.1. The summed E-state index contributed by atoms with van der Waals surface area (Å²) in [6, 6.07) is 17.5. The van der Waals surface area contributed by atoms with Gasteiger partial charge in [0.25, 0.3) is 5.91 Å². The van der Waals surface area contributed by atoms with Gasteiger partial charge in [-0.05, 0) is 66.9 Å². The number of nitrogens with one attached hydrogen (secondary N) is 1. The van der Waals surface area contributed by atoms with E-state index in [0.717, 1.165) is 23.1 Å². The second kappa shape index (κ2) is 11.1. The summed E-state index contributed by atoms with van der Waals surface area (Å²) in [5.41, 5.74) is 3.68. The van der Waals surface area contributed by atoms with Crippen molar-refractivity contribution in [3.8, 4) is 5.75 Å². The van der Waals surface area contributed by atoms with Gasteiger partial charge in [-0.2, -0.15) is 0 Å². The number of carbonyl (C=O) groups excluding carboxylic acids is 1. The normalized spacial score (nSPS) is 11.2. The first-order chi connectivity index (χ1) is 16.0. The molecule has 1 N–H and O–H groups in total. The lowest BCUT2D eigenvalue weighted by Crippen LogP contribution is -2.30. The summed E-state index contributed by atoms with van der Waals surface area (Å²) in [7, 11) is -3.63. The van der Waals surface area contributed by atoms with Crippen molar-refractivity contribution in [1.29, 1.82) is 0 Å². The van der Waals surface area contributed by atoms with Gasteiger partial charge in [0.2, 0.25) is 10.0 Å². The van der Waals surface area contributed by atoms with E-state index in [2.05, 4.69) is 11.4 Å². The van der Waals surface area contributed by atoms with E-state index in [1.165, 1.54) is 4.31 Å². The lowest BCUT2D eigenvalue weighted by molar-refractivity contribution is 0.0947. The highest BCUT2D eigenvalue weighted by Gasteiger charge is 2.21. The number of benzene rings is 3. The van der Waals surface area contributed by atoms with Gasteiger partial charge in [-0.25, -0.2) is 8.42 Å². The number of carbonyl (C=O) groups is 1. The van der Waals surface area contributed by atoms with E-state index in [1.54, 1.807) is 42.5 Å². The summed E-state index contributed by atoms with van der Waals surface area (Å²) in [5, 5.41) is 3.25. The molecule has 34 heavy (non-hydrogen) atoms. The van der Waals surface area contributed by atoms with Gasteiger partial charge in [0.15, 0.2) is 0 Å². The third kappa shape index (κ3) is 6.88. The Morgan fingerprint density at radius 1 is 1.00 bits per heavy atom. The monoisotopic (exact) mass is 520 g/mol. The summed E-state index contributed by atoms with van der Waals surface area (Å²) in [5.74, 6) is 0.528. The van der Waals surface area contributed by atoms with Crippen LogP contribution in [0.3, 0.4) is 0 Å². The minimum absolute atomic E-state index is 0.0462. The molecule has 0 unspecified atom stereocenters. The van der Waals surface area contributed by atoms with Gasteiger partial charge in [-0.15, -0.1) is 0 Å².